The first-order valence-electron chi connectivity index (χ1n) is 2.41. The number of aromatic hydroxyl groups is 1. The molecular formula is C5H5BN2O. The van der Waals surface area contributed by atoms with E-state index in [1.54, 1.807) is 0 Å². The van der Waals surface area contributed by atoms with Crippen LogP contribution < -0.4 is 11.3 Å². The van der Waals surface area contributed by atoms with Gasteiger partial charge in [-0.1, -0.05) is 0 Å². The Morgan fingerprint density at radius 1 is 1.56 bits per heavy atom. The van der Waals surface area contributed by atoms with Crippen LogP contribution in [0.1, 0.15) is 0 Å². The maximum absolute atomic E-state index is 8.80. The minimum absolute atomic E-state index is 0.0378. The molecule has 0 atom stereocenters. The second-order valence-corrected chi connectivity index (χ2v) is 1.64. The van der Waals surface area contributed by atoms with Crippen molar-refractivity contribution < 1.29 is 5.11 Å². The lowest BCUT2D eigenvalue weighted by atomic mass is 10.0. The number of hydrogen-bond donors (Lipinski definition) is 2. The fourth-order valence-corrected chi connectivity index (χ4v) is 0.483. The fraction of sp³-hybridized carbons (Fsp3) is 0. The number of hydrogen-bond acceptors (Lipinski definition) is 3. The molecule has 0 amide bonds. The Morgan fingerprint density at radius 3 is 2.67 bits per heavy atom. The van der Waals surface area contributed by atoms with Crippen molar-refractivity contribution in [2.75, 3.05) is 5.73 Å². The Morgan fingerprint density at radius 2 is 2.22 bits per heavy atom. The molecule has 3 N–H and O–H groups in total. The molecule has 3 nitrogen and oxygen atoms in total. The first kappa shape index (κ1) is 5.94. The summed E-state index contributed by atoms with van der Waals surface area (Å²) in [5.41, 5.74) is 5.49. The monoisotopic (exact) mass is 120 g/mol. The van der Waals surface area contributed by atoms with Crippen LogP contribution in [0.5, 0.6) is 5.75 Å². The van der Waals surface area contributed by atoms with Crippen molar-refractivity contribution in [2.24, 2.45) is 0 Å². The van der Waals surface area contributed by atoms with E-state index in [4.69, 9.17) is 18.7 Å². The largest absolute Gasteiger partial charge is 0.504 e. The average molecular weight is 120 g/mol. The lowest BCUT2D eigenvalue weighted by Gasteiger charge is -1.96. The topological polar surface area (TPSA) is 59.1 Å². The molecule has 44 valence electrons. The molecule has 0 fully saturated rings. The molecule has 0 saturated heterocycles. The van der Waals surface area contributed by atoms with Gasteiger partial charge in [0.2, 0.25) is 0 Å². The van der Waals surface area contributed by atoms with Crippen LogP contribution in [0.4, 0.5) is 5.82 Å². The van der Waals surface area contributed by atoms with Gasteiger partial charge in [-0.15, -0.1) is 0 Å². The standard InChI is InChI=1S/C5H5BN2O/c6-4-2-1-3(9)5(7)8-4/h1-2,9H,(H2,7,8). The van der Waals surface area contributed by atoms with Gasteiger partial charge in [0.1, 0.15) is 7.85 Å². The summed E-state index contributed by atoms with van der Waals surface area (Å²) in [6, 6.07) is 2.88. The minimum Gasteiger partial charge on any atom is -0.504 e. The Balaban J connectivity index is 3.17. The summed E-state index contributed by atoms with van der Waals surface area (Å²) in [5.74, 6) is 0.0270. The number of aromatic nitrogens is 1. The highest BCUT2D eigenvalue weighted by atomic mass is 16.3. The van der Waals surface area contributed by atoms with Crippen LogP contribution in [0.25, 0.3) is 0 Å². The molecule has 1 aromatic rings. The van der Waals surface area contributed by atoms with Crippen molar-refractivity contribution in [3.05, 3.63) is 12.1 Å². The average Bonchev–Trinajstić information content (AvgIpc) is 1.80. The second-order valence-electron chi connectivity index (χ2n) is 1.64. The molecule has 9 heavy (non-hydrogen) atoms. The van der Waals surface area contributed by atoms with E-state index in [1.165, 1.54) is 12.1 Å². The van der Waals surface area contributed by atoms with Crippen molar-refractivity contribution in [2.45, 2.75) is 0 Å². The fourth-order valence-electron chi connectivity index (χ4n) is 0.483. The maximum Gasteiger partial charge on any atom is 0.165 e. The summed E-state index contributed by atoms with van der Waals surface area (Å²) in [7, 11) is 5.23. The van der Waals surface area contributed by atoms with Gasteiger partial charge < -0.3 is 10.8 Å². The number of nitrogen functional groups attached to an aromatic ring is 1. The van der Waals surface area contributed by atoms with E-state index in [-0.39, 0.29) is 11.6 Å². The molecule has 0 saturated carbocycles. The molecule has 0 aliphatic heterocycles. The van der Waals surface area contributed by atoms with Gasteiger partial charge in [-0.25, -0.2) is 4.98 Å². The summed E-state index contributed by atoms with van der Waals surface area (Å²) in [4.78, 5) is 3.58. The highest BCUT2D eigenvalue weighted by Crippen LogP contribution is 2.11. The predicted molar refractivity (Wildman–Crippen MR) is 35.7 cm³/mol. The van der Waals surface area contributed by atoms with Gasteiger partial charge in [0, 0.05) is 0 Å². The van der Waals surface area contributed by atoms with Crippen molar-refractivity contribution in [1.29, 1.82) is 0 Å². The maximum atomic E-state index is 8.80. The molecule has 2 radical (unpaired) electrons. The van der Waals surface area contributed by atoms with Gasteiger partial charge in [0.15, 0.2) is 11.6 Å². The van der Waals surface area contributed by atoms with Gasteiger partial charge in [-0.05, 0) is 17.7 Å². The van der Waals surface area contributed by atoms with Gasteiger partial charge in [0.25, 0.3) is 0 Å². The summed E-state index contributed by atoms with van der Waals surface area (Å²) >= 11 is 0. The molecular weight excluding hydrogens is 115 g/mol. The zero-order chi connectivity index (χ0) is 6.85. The molecule has 0 spiro atoms. The second kappa shape index (κ2) is 1.97. The van der Waals surface area contributed by atoms with Crippen LogP contribution in [0.2, 0.25) is 0 Å². The highest BCUT2D eigenvalue weighted by Gasteiger charge is 1.94. The lowest BCUT2D eigenvalue weighted by Crippen LogP contribution is -2.09. The third kappa shape index (κ3) is 1.13. The molecule has 0 unspecified atom stereocenters. The minimum atomic E-state index is -0.0378. The molecule has 1 heterocycles. The number of anilines is 1. The van der Waals surface area contributed by atoms with Crippen molar-refractivity contribution in [3.63, 3.8) is 0 Å². The van der Waals surface area contributed by atoms with E-state index in [1.807, 2.05) is 0 Å². The quantitative estimate of drug-likeness (QED) is 0.439. The molecule has 0 aliphatic rings. The molecule has 4 heteroatoms. The van der Waals surface area contributed by atoms with Gasteiger partial charge >= 0.3 is 0 Å². The molecule has 0 aromatic carbocycles. The Bertz CT molecular complexity index is 226. The third-order valence-corrected chi connectivity index (χ3v) is 0.924. The van der Waals surface area contributed by atoms with Crippen LogP contribution in [0.15, 0.2) is 12.1 Å². The Labute approximate surface area is 53.9 Å². The summed E-state index contributed by atoms with van der Waals surface area (Å²) in [6.07, 6.45) is 0. The summed E-state index contributed by atoms with van der Waals surface area (Å²) < 4.78 is 0. The third-order valence-electron chi connectivity index (χ3n) is 0.924. The Hall–Kier alpha value is -1.19. The van der Waals surface area contributed by atoms with E-state index in [0.29, 0.717) is 5.59 Å². The van der Waals surface area contributed by atoms with Crippen molar-refractivity contribution in [1.82, 2.24) is 4.98 Å². The van der Waals surface area contributed by atoms with Crippen LogP contribution in [-0.2, 0) is 0 Å². The van der Waals surface area contributed by atoms with E-state index in [9.17, 15) is 0 Å². The number of nitrogens with zero attached hydrogens (tertiary/aromatic N) is 1. The van der Waals surface area contributed by atoms with Crippen LogP contribution in [0.3, 0.4) is 0 Å². The molecule has 1 aromatic heterocycles. The van der Waals surface area contributed by atoms with Crippen LogP contribution in [-0.4, -0.2) is 17.9 Å². The molecule has 1 rings (SSSR count). The SMILES string of the molecule is [B]c1ccc(O)c(N)n1. The highest BCUT2D eigenvalue weighted by molar-refractivity contribution is 6.30. The zero-order valence-electron chi connectivity index (χ0n) is 4.70. The first-order chi connectivity index (χ1) is 4.20. The zero-order valence-corrected chi connectivity index (χ0v) is 4.70. The molecule has 0 aliphatic carbocycles. The predicted octanol–water partition coefficient (Wildman–Crippen LogP) is -0.837. The number of rotatable bonds is 0. The number of nitrogens with two attached hydrogens (primary N) is 1. The van der Waals surface area contributed by atoms with Gasteiger partial charge in [-0.2, -0.15) is 0 Å². The Kier molecular flexibility index (Phi) is 1.30. The number of pyridine rings is 1. The smallest absolute Gasteiger partial charge is 0.165 e. The first-order valence-corrected chi connectivity index (χ1v) is 2.41. The molecule has 0 bridgehead atoms. The lowest BCUT2D eigenvalue weighted by molar-refractivity contribution is 0.476. The normalized spacial score (nSPS) is 9.33. The van der Waals surface area contributed by atoms with E-state index >= 15 is 0 Å². The van der Waals surface area contributed by atoms with Gasteiger partial charge in [0.05, 0.1) is 0 Å². The van der Waals surface area contributed by atoms with Crippen molar-refractivity contribution >= 4 is 19.3 Å². The van der Waals surface area contributed by atoms with Crippen molar-refractivity contribution in [3.8, 4) is 5.75 Å². The van der Waals surface area contributed by atoms with E-state index in [2.05, 4.69) is 4.98 Å². The van der Waals surface area contributed by atoms with E-state index in [0.717, 1.165) is 0 Å². The summed E-state index contributed by atoms with van der Waals surface area (Å²) in [5, 5.41) is 8.80. The van der Waals surface area contributed by atoms with Gasteiger partial charge in [-0.3, -0.25) is 0 Å². The van der Waals surface area contributed by atoms with Crippen LogP contribution >= 0.6 is 0 Å². The van der Waals surface area contributed by atoms with Crippen LogP contribution in [0, 0.1) is 0 Å². The summed E-state index contributed by atoms with van der Waals surface area (Å²) in [6.45, 7) is 0. The van der Waals surface area contributed by atoms with E-state index < -0.39 is 0 Å².